The fourth-order valence-corrected chi connectivity index (χ4v) is 2.40. The summed E-state index contributed by atoms with van der Waals surface area (Å²) in [6, 6.07) is 8.93. The topological polar surface area (TPSA) is 24.5 Å². The molecule has 3 heteroatoms. The van der Waals surface area contributed by atoms with Gasteiger partial charge in [0.05, 0.1) is 6.10 Å². The summed E-state index contributed by atoms with van der Waals surface area (Å²) in [7, 11) is 0. The molecule has 0 spiro atoms. The molecular weight excluding hydrogens is 260 g/mol. The SMILES string of the molecule is CCCNC(CN(CC)CC)c1ccc(OC(C)C)cc1. The second-order valence-electron chi connectivity index (χ2n) is 5.73. The molecule has 0 bridgehead atoms. The van der Waals surface area contributed by atoms with E-state index in [0.717, 1.165) is 38.3 Å². The molecule has 1 aromatic rings. The van der Waals surface area contributed by atoms with Crippen molar-refractivity contribution in [2.24, 2.45) is 0 Å². The highest BCUT2D eigenvalue weighted by Crippen LogP contribution is 2.20. The highest BCUT2D eigenvalue weighted by atomic mass is 16.5. The standard InChI is InChI=1S/C18H32N2O/c1-6-13-19-18(14-20(7-2)8-3)16-9-11-17(12-10-16)21-15(4)5/h9-12,15,18-19H,6-8,13-14H2,1-5H3. The summed E-state index contributed by atoms with van der Waals surface area (Å²) in [4.78, 5) is 2.46. The lowest BCUT2D eigenvalue weighted by molar-refractivity contribution is 0.242. The molecule has 1 atom stereocenters. The van der Waals surface area contributed by atoms with Crippen molar-refractivity contribution in [1.29, 1.82) is 0 Å². The van der Waals surface area contributed by atoms with Crippen molar-refractivity contribution in [2.75, 3.05) is 26.2 Å². The monoisotopic (exact) mass is 292 g/mol. The largest absolute Gasteiger partial charge is 0.491 e. The van der Waals surface area contributed by atoms with E-state index in [0.29, 0.717) is 6.04 Å². The summed E-state index contributed by atoms with van der Waals surface area (Å²) in [6.45, 7) is 15.1. The minimum absolute atomic E-state index is 0.223. The van der Waals surface area contributed by atoms with Gasteiger partial charge in [-0.05, 0) is 57.6 Å². The first-order valence-electron chi connectivity index (χ1n) is 8.33. The van der Waals surface area contributed by atoms with Gasteiger partial charge in [-0.1, -0.05) is 32.9 Å². The normalized spacial score (nSPS) is 12.9. The Kier molecular flexibility index (Phi) is 8.40. The predicted molar refractivity (Wildman–Crippen MR) is 91.0 cm³/mol. The Hall–Kier alpha value is -1.06. The van der Waals surface area contributed by atoms with Crippen LogP contribution in [-0.4, -0.2) is 37.2 Å². The fourth-order valence-electron chi connectivity index (χ4n) is 2.40. The van der Waals surface area contributed by atoms with Gasteiger partial charge in [-0.25, -0.2) is 0 Å². The van der Waals surface area contributed by atoms with Gasteiger partial charge in [0, 0.05) is 12.6 Å². The van der Waals surface area contributed by atoms with Crippen molar-refractivity contribution < 1.29 is 4.74 Å². The van der Waals surface area contributed by atoms with Gasteiger partial charge >= 0.3 is 0 Å². The predicted octanol–water partition coefficient (Wildman–Crippen LogP) is 3.86. The Morgan fingerprint density at radius 1 is 1.05 bits per heavy atom. The lowest BCUT2D eigenvalue weighted by Gasteiger charge is -2.26. The molecule has 0 heterocycles. The number of likely N-dealkylation sites (N-methyl/N-ethyl adjacent to an activating group) is 1. The van der Waals surface area contributed by atoms with Crippen LogP contribution < -0.4 is 10.1 Å². The molecule has 1 N–H and O–H groups in total. The maximum absolute atomic E-state index is 5.72. The van der Waals surface area contributed by atoms with Crippen LogP contribution >= 0.6 is 0 Å². The van der Waals surface area contributed by atoms with E-state index in [1.165, 1.54) is 5.56 Å². The van der Waals surface area contributed by atoms with Crippen molar-refractivity contribution in [3.8, 4) is 5.75 Å². The smallest absolute Gasteiger partial charge is 0.119 e. The Morgan fingerprint density at radius 3 is 2.14 bits per heavy atom. The summed E-state index contributed by atoms with van der Waals surface area (Å²) < 4.78 is 5.72. The summed E-state index contributed by atoms with van der Waals surface area (Å²) in [5.41, 5.74) is 1.34. The van der Waals surface area contributed by atoms with Crippen LogP contribution in [0, 0.1) is 0 Å². The third-order valence-corrected chi connectivity index (χ3v) is 3.63. The van der Waals surface area contributed by atoms with E-state index in [1.54, 1.807) is 0 Å². The van der Waals surface area contributed by atoms with Crippen LogP contribution in [0.15, 0.2) is 24.3 Å². The zero-order valence-electron chi connectivity index (χ0n) is 14.4. The Labute approximate surface area is 130 Å². The Bertz CT molecular complexity index is 371. The fraction of sp³-hybridized carbons (Fsp3) is 0.667. The van der Waals surface area contributed by atoms with Crippen molar-refractivity contribution in [3.05, 3.63) is 29.8 Å². The van der Waals surface area contributed by atoms with Gasteiger partial charge in [-0.2, -0.15) is 0 Å². The Morgan fingerprint density at radius 2 is 1.67 bits per heavy atom. The molecule has 21 heavy (non-hydrogen) atoms. The number of benzene rings is 1. The van der Waals surface area contributed by atoms with Gasteiger partial charge in [0.25, 0.3) is 0 Å². The number of hydrogen-bond donors (Lipinski definition) is 1. The molecule has 0 aliphatic carbocycles. The van der Waals surface area contributed by atoms with Crippen LogP contribution in [0.1, 0.15) is 52.6 Å². The van der Waals surface area contributed by atoms with Crippen LogP contribution in [-0.2, 0) is 0 Å². The molecule has 0 aromatic heterocycles. The molecule has 0 aliphatic heterocycles. The van der Waals surface area contributed by atoms with Gasteiger partial charge in [0.1, 0.15) is 5.75 Å². The molecule has 3 nitrogen and oxygen atoms in total. The summed E-state index contributed by atoms with van der Waals surface area (Å²) >= 11 is 0. The Balaban J connectivity index is 2.76. The molecular formula is C18H32N2O. The zero-order valence-corrected chi connectivity index (χ0v) is 14.4. The minimum atomic E-state index is 0.223. The molecule has 120 valence electrons. The zero-order chi connectivity index (χ0) is 15.7. The molecule has 0 aliphatic rings. The second kappa shape index (κ2) is 9.80. The third kappa shape index (κ3) is 6.49. The number of rotatable bonds is 10. The second-order valence-corrected chi connectivity index (χ2v) is 5.73. The van der Waals surface area contributed by atoms with Crippen molar-refractivity contribution in [3.63, 3.8) is 0 Å². The molecule has 0 saturated carbocycles. The molecule has 1 rings (SSSR count). The highest BCUT2D eigenvalue weighted by Gasteiger charge is 2.14. The molecule has 1 unspecified atom stereocenters. The van der Waals surface area contributed by atoms with Crippen molar-refractivity contribution >= 4 is 0 Å². The first kappa shape index (κ1) is 18.0. The maximum atomic E-state index is 5.72. The average molecular weight is 292 g/mol. The number of nitrogens with one attached hydrogen (secondary N) is 1. The van der Waals surface area contributed by atoms with Crippen LogP contribution in [0.25, 0.3) is 0 Å². The van der Waals surface area contributed by atoms with Gasteiger partial charge in [0.15, 0.2) is 0 Å². The average Bonchev–Trinajstić information content (AvgIpc) is 2.48. The van der Waals surface area contributed by atoms with Gasteiger partial charge in [-0.15, -0.1) is 0 Å². The highest BCUT2D eigenvalue weighted by molar-refractivity contribution is 5.29. The van der Waals surface area contributed by atoms with E-state index in [2.05, 4.69) is 69.1 Å². The lowest BCUT2D eigenvalue weighted by atomic mass is 10.1. The quantitative estimate of drug-likeness (QED) is 0.709. The molecule has 0 saturated heterocycles. The van der Waals surface area contributed by atoms with Crippen LogP contribution in [0.5, 0.6) is 5.75 Å². The third-order valence-electron chi connectivity index (χ3n) is 3.63. The van der Waals surface area contributed by atoms with E-state index in [4.69, 9.17) is 4.74 Å². The molecule has 1 aromatic carbocycles. The summed E-state index contributed by atoms with van der Waals surface area (Å²) in [5, 5.41) is 3.66. The first-order chi connectivity index (χ1) is 10.1. The molecule has 0 amide bonds. The van der Waals surface area contributed by atoms with E-state index in [-0.39, 0.29) is 6.10 Å². The number of ether oxygens (including phenoxy) is 1. The van der Waals surface area contributed by atoms with E-state index in [1.807, 2.05) is 0 Å². The van der Waals surface area contributed by atoms with E-state index < -0.39 is 0 Å². The summed E-state index contributed by atoms with van der Waals surface area (Å²) in [5.74, 6) is 0.950. The molecule has 0 radical (unpaired) electrons. The van der Waals surface area contributed by atoms with Gasteiger partial charge in [0.2, 0.25) is 0 Å². The van der Waals surface area contributed by atoms with Crippen LogP contribution in [0.2, 0.25) is 0 Å². The van der Waals surface area contributed by atoms with Gasteiger partial charge < -0.3 is 15.0 Å². The number of hydrogen-bond acceptors (Lipinski definition) is 3. The van der Waals surface area contributed by atoms with Crippen LogP contribution in [0.3, 0.4) is 0 Å². The van der Waals surface area contributed by atoms with Crippen LogP contribution in [0.4, 0.5) is 0 Å². The van der Waals surface area contributed by atoms with Gasteiger partial charge in [-0.3, -0.25) is 0 Å². The number of nitrogens with zero attached hydrogens (tertiary/aromatic N) is 1. The van der Waals surface area contributed by atoms with Crippen molar-refractivity contribution in [1.82, 2.24) is 10.2 Å². The van der Waals surface area contributed by atoms with E-state index in [9.17, 15) is 0 Å². The maximum Gasteiger partial charge on any atom is 0.119 e. The first-order valence-corrected chi connectivity index (χ1v) is 8.33. The summed E-state index contributed by atoms with van der Waals surface area (Å²) in [6.07, 6.45) is 1.38. The van der Waals surface area contributed by atoms with E-state index >= 15 is 0 Å². The molecule has 0 fully saturated rings. The van der Waals surface area contributed by atoms with Crippen molar-refractivity contribution in [2.45, 2.75) is 53.2 Å². The lowest BCUT2D eigenvalue weighted by Crippen LogP contribution is -2.35. The minimum Gasteiger partial charge on any atom is -0.491 e.